The van der Waals surface area contributed by atoms with Crippen LogP contribution in [0.2, 0.25) is 0 Å². The minimum Gasteiger partial charge on any atom is -0.489 e. The van der Waals surface area contributed by atoms with Gasteiger partial charge in [0.2, 0.25) is 5.91 Å². The van der Waals surface area contributed by atoms with Crippen molar-refractivity contribution in [1.29, 1.82) is 0 Å². The van der Waals surface area contributed by atoms with E-state index in [1.54, 1.807) is 0 Å². The summed E-state index contributed by atoms with van der Waals surface area (Å²) >= 11 is 0. The van der Waals surface area contributed by atoms with Crippen molar-refractivity contribution in [1.82, 2.24) is 4.90 Å². The molecule has 0 atom stereocenters. The number of hydrogen-bond donors (Lipinski definition) is 1. The number of aryl methyl sites for hydroxylation is 1. The van der Waals surface area contributed by atoms with Gasteiger partial charge in [-0.1, -0.05) is 42.0 Å². The first-order valence-electron chi connectivity index (χ1n) is 9.85. The van der Waals surface area contributed by atoms with Crippen molar-refractivity contribution in [2.75, 3.05) is 18.4 Å². The van der Waals surface area contributed by atoms with Gasteiger partial charge < -0.3 is 10.1 Å². The molecule has 2 aromatic rings. The number of carbonyl (C=O) groups is 1. The molecule has 2 aromatic carbocycles. The predicted octanol–water partition coefficient (Wildman–Crippen LogP) is 4.63. The number of nitrogens with one attached hydrogen (secondary N) is 1. The number of piperidine rings is 1. The molecule has 27 heavy (non-hydrogen) atoms. The third kappa shape index (κ3) is 5.57. The second-order valence-electron chi connectivity index (χ2n) is 7.69. The average molecular weight is 367 g/mol. The van der Waals surface area contributed by atoms with E-state index in [4.69, 9.17) is 4.74 Å². The maximum absolute atomic E-state index is 12.7. The Balaban J connectivity index is 1.52. The van der Waals surface area contributed by atoms with Crippen molar-refractivity contribution < 1.29 is 9.53 Å². The average Bonchev–Trinajstić information content (AvgIpc) is 2.65. The molecule has 1 fully saturated rings. The van der Waals surface area contributed by atoms with Crippen LogP contribution in [0, 0.1) is 12.8 Å². The molecular weight excluding hydrogens is 336 g/mol. The Hall–Kier alpha value is -2.33. The molecule has 1 aliphatic rings. The van der Waals surface area contributed by atoms with Crippen LogP contribution in [0.1, 0.15) is 37.8 Å². The monoisotopic (exact) mass is 366 g/mol. The Morgan fingerprint density at radius 2 is 1.78 bits per heavy atom. The number of para-hydroxylation sites is 2. The molecule has 1 aliphatic heterocycles. The van der Waals surface area contributed by atoms with Gasteiger partial charge in [-0.15, -0.1) is 0 Å². The molecule has 0 bridgehead atoms. The first-order valence-corrected chi connectivity index (χ1v) is 9.85. The number of nitrogens with zero attached hydrogens (tertiary/aromatic N) is 1. The van der Waals surface area contributed by atoms with Crippen molar-refractivity contribution in [2.45, 2.75) is 46.3 Å². The van der Waals surface area contributed by atoms with Crippen LogP contribution < -0.4 is 10.1 Å². The first kappa shape index (κ1) is 19.4. The largest absolute Gasteiger partial charge is 0.489 e. The number of rotatable bonds is 6. The van der Waals surface area contributed by atoms with Crippen LogP contribution in [0.5, 0.6) is 5.75 Å². The van der Waals surface area contributed by atoms with Crippen LogP contribution >= 0.6 is 0 Å². The van der Waals surface area contributed by atoms with E-state index in [1.165, 1.54) is 11.1 Å². The minimum atomic E-state index is 0.0615. The summed E-state index contributed by atoms with van der Waals surface area (Å²) in [6.45, 7) is 8.95. The van der Waals surface area contributed by atoms with Gasteiger partial charge in [0.1, 0.15) is 5.75 Å². The summed E-state index contributed by atoms with van der Waals surface area (Å²) in [6.07, 6.45) is 1.86. The molecule has 1 amide bonds. The quantitative estimate of drug-likeness (QED) is 0.810. The van der Waals surface area contributed by atoms with E-state index in [-0.39, 0.29) is 17.9 Å². The summed E-state index contributed by atoms with van der Waals surface area (Å²) in [6, 6.07) is 16.4. The molecule has 144 valence electrons. The second kappa shape index (κ2) is 9.05. The smallest absolute Gasteiger partial charge is 0.227 e. The van der Waals surface area contributed by atoms with E-state index in [1.807, 2.05) is 38.1 Å². The Morgan fingerprint density at radius 1 is 1.11 bits per heavy atom. The lowest BCUT2D eigenvalue weighted by Gasteiger charge is -2.31. The van der Waals surface area contributed by atoms with E-state index in [2.05, 4.69) is 41.4 Å². The molecular formula is C23H30N2O2. The fourth-order valence-corrected chi connectivity index (χ4v) is 3.47. The van der Waals surface area contributed by atoms with E-state index in [0.29, 0.717) is 0 Å². The number of anilines is 1. The van der Waals surface area contributed by atoms with Crippen LogP contribution in [-0.2, 0) is 11.3 Å². The van der Waals surface area contributed by atoms with Crippen molar-refractivity contribution >= 4 is 11.6 Å². The zero-order chi connectivity index (χ0) is 19.2. The number of carbonyl (C=O) groups excluding carboxylic acids is 1. The SMILES string of the molecule is Cc1ccc(CN2CCC(C(=O)Nc3ccccc3OC(C)C)CC2)cc1. The maximum Gasteiger partial charge on any atom is 0.227 e. The summed E-state index contributed by atoms with van der Waals surface area (Å²) in [7, 11) is 0. The second-order valence-corrected chi connectivity index (χ2v) is 7.69. The molecule has 0 aliphatic carbocycles. The highest BCUT2D eigenvalue weighted by Crippen LogP contribution is 2.27. The molecule has 0 radical (unpaired) electrons. The fourth-order valence-electron chi connectivity index (χ4n) is 3.47. The van der Waals surface area contributed by atoms with Crippen LogP contribution in [0.15, 0.2) is 48.5 Å². The number of ether oxygens (including phenoxy) is 1. The highest BCUT2D eigenvalue weighted by molar-refractivity contribution is 5.94. The van der Waals surface area contributed by atoms with Crippen LogP contribution in [0.3, 0.4) is 0 Å². The normalized spacial score (nSPS) is 15.7. The van der Waals surface area contributed by atoms with Gasteiger partial charge in [-0.05, 0) is 64.4 Å². The van der Waals surface area contributed by atoms with Gasteiger partial charge in [-0.25, -0.2) is 0 Å². The van der Waals surface area contributed by atoms with E-state index in [9.17, 15) is 4.79 Å². The van der Waals surface area contributed by atoms with Gasteiger partial charge in [0, 0.05) is 12.5 Å². The van der Waals surface area contributed by atoms with E-state index in [0.717, 1.165) is 43.9 Å². The summed E-state index contributed by atoms with van der Waals surface area (Å²) in [5.74, 6) is 0.897. The highest BCUT2D eigenvalue weighted by atomic mass is 16.5. The number of likely N-dealkylation sites (tertiary alicyclic amines) is 1. The lowest BCUT2D eigenvalue weighted by atomic mass is 9.95. The third-order valence-electron chi connectivity index (χ3n) is 4.99. The van der Waals surface area contributed by atoms with Crippen molar-refractivity contribution in [3.63, 3.8) is 0 Å². The number of amides is 1. The summed E-state index contributed by atoms with van der Waals surface area (Å²) in [5, 5.41) is 3.07. The Bertz CT molecular complexity index is 747. The molecule has 0 saturated carbocycles. The minimum absolute atomic E-state index is 0.0615. The van der Waals surface area contributed by atoms with Gasteiger partial charge in [0.15, 0.2) is 0 Å². The third-order valence-corrected chi connectivity index (χ3v) is 4.99. The van der Waals surface area contributed by atoms with Crippen molar-refractivity contribution in [3.8, 4) is 5.75 Å². The summed E-state index contributed by atoms with van der Waals surface area (Å²) in [4.78, 5) is 15.2. The van der Waals surface area contributed by atoms with Crippen LogP contribution in [0.25, 0.3) is 0 Å². The lowest BCUT2D eigenvalue weighted by Crippen LogP contribution is -2.37. The van der Waals surface area contributed by atoms with Gasteiger partial charge in [-0.3, -0.25) is 9.69 Å². The van der Waals surface area contributed by atoms with Gasteiger partial charge in [-0.2, -0.15) is 0 Å². The fraction of sp³-hybridized carbons (Fsp3) is 0.435. The molecule has 4 nitrogen and oxygen atoms in total. The van der Waals surface area contributed by atoms with E-state index < -0.39 is 0 Å². The lowest BCUT2D eigenvalue weighted by molar-refractivity contribution is -0.121. The standard InChI is InChI=1S/C23H30N2O2/c1-17(2)27-22-7-5-4-6-21(22)24-23(26)20-12-14-25(15-13-20)16-19-10-8-18(3)9-11-19/h4-11,17,20H,12-16H2,1-3H3,(H,24,26). The number of hydrogen-bond acceptors (Lipinski definition) is 3. The zero-order valence-corrected chi connectivity index (χ0v) is 16.6. The van der Waals surface area contributed by atoms with Gasteiger partial charge in [0.25, 0.3) is 0 Å². The zero-order valence-electron chi connectivity index (χ0n) is 16.6. The van der Waals surface area contributed by atoms with E-state index >= 15 is 0 Å². The number of benzene rings is 2. The Labute approximate surface area is 162 Å². The van der Waals surface area contributed by atoms with Gasteiger partial charge in [0.05, 0.1) is 11.8 Å². The molecule has 4 heteroatoms. The van der Waals surface area contributed by atoms with Gasteiger partial charge >= 0.3 is 0 Å². The molecule has 1 N–H and O–H groups in total. The van der Waals surface area contributed by atoms with Crippen LogP contribution in [0.4, 0.5) is 5.69 Å². The Kier molecular flexibility index (Phi) is 6.51. The first-order chi connectivity index (χ1) is 13.0. The molecule has 0 aromatic heterocycles. The topological polar surface area (TPSA) is 41.6 Å². The summed E-state index contributed by atoms with van der Waals surface area (Å²) in [5.41, 5.74) is 3.39. The van der Waals surface area contributed by atoms with Crippen molar-refractivity contribution in [2.24, 2.45) is 5.92 Å². The molecule has 1 saturated heterocycles. The predicted molar refractivity (Wildman–Crippen MR) is 110 cm³/mol. The van der Waals surface area contributed by atoms with Crippen molar-refractivity contribution in [3.05, 3.63) is 59.7 Å². The highest BCUT2D eigenvalue weighted by Gasteiger charge is 2.25. The molecule has 0 spiro atoms. The summed E-state index contributed by atoms with van der Waals surface area (Å²) < 4.78 is 5.80. The Morgan fingerprint density at radius 3 is 2.44 bits per heavy atom. The molecule has 0 unspecified atom stereocenters. The molecule has 3 rings (SSSR count). The maximum atomic E-state index is 12.7. The molecule has 1 heterocycles. The van der Waals surface area contributed by atoms with Crippen LogP contribution in [-0.4, -0.2) is 30.0 Å².